The van der Waals surface area contributed by atoms with Crippen molar-refractivity contribution < 1.29 is 19.5 Å². The van der Waals surface area contributed by atoms with Crippen molar-refractivity contribution >= 4 is 23.6 Å². The van der Waals surface area contributed by atoms with Gasteiger partial charge in [-0.1, -0.05) is 0 Å². The molecule has 2 rings (SSSR count). The molecule has 1 aromatic rings. The third-order valence-electron chi connectivity index (χ3n) is 3.32. The molecule has 7 heteroatoms. The molecule has 0 saturated carbocycles. The smallest absolute Gasteiger partial charge is 0.335 e. The predicted octanol–water partition coefficient (Wildman–Crippen LogP) is 1.09. The summed E-state index contributed by atoms with van der Waals surface area (Å²) in [7, 11) is 0. The molecule has 0 aliphatic carbocycles. The fourth-order valence-electron chi connectivity index (χ4n) is 2.15. The van der Waals surface area contributed by atoms with Gasteiger partial charge < -0.3 is 21.1 Å². The van der Waals surface area contributed by atoms with E-state index in [2.05, 4.69) is 16.0 Å². The van der Waals surface area contributed by atoms with Crippen molar-refractivity contribution in [3.63, 3.8) is 0 Å². The molecule has 1 atom stereocenters. The van der Waals surface area contributed by atoms with Gasteiger partial charge in [0.2, 0.25) is 5.91 Å². The van der Waals surface area contributed by atoms with Crippen LogP contribution in [0.25, 0.3) is 0 Å². The van der Waals surface area contributed by atoms with Crippen LogP contribution >= 0.6 is 0 Å². The highest BCUT2D eigenvalue weighted by atomic mass is 16.4. The lowest BCUT2D eigenvalue weighted by Crippen LogP contribution is -2.40. The van der Waals surface area contributed by atoms with Gasteiger partial charge in [0.25, 0.3) is 0 Å². The second kappa shape index (κ2) is 6.25. The molecule has 0 bridgehead atoms. The van der Waals surface area contributed by atoms with Crippen LogP contribution in [-0.4, -0.2) is 35.6 Å². The second-order valence-electron chi connectivity index (χ2n) is 4.97. The van der Waals surface area contributed by atoms with Crippen LogP contribution in [0.2, 0.25) is 0 Å². The van der Waals surface area contributed by atoms with Crippen molar-refractivity contribution in [2.24, 2.45) is 0 Å². The molecule has 1 aliphatic heterocycles. The molecule has 21 heavy (non-hydrogen) atoms. The molecule has 7 nitrogen and oxygen atoms in total. The number of benzene rings is 1. The molecule has 0 radical (unpaired) electrons. The van der Waals surface area contributed by atoms with Gasteiger partial charge in [0.05, 0.1) is 5.56 Å². The van der Waals surface area contributed by atoms with Crippen LogP contribution in [0.4, 0.5) is 10.5 Å². The number of carboxylic acid groups (broad SMARTS) is 1. The molecule has 0 aromatic heterocycles. The maximum absolute atomic E-state index is 11.8. The first-order chi connectivity index (χ1) is 9.95. The number of nitrogens with one attached hydrogen (secondary N) is 3. The summed E-state index contributed by atoms with van der Waals surface area (Å²) < 4.78 is 0. The van der Waals surface area contributed by atoms with Gasteiger partial charge in [0.15, 0.2) is 0 Å². The summed E-state index contributed by atoms with van der Waals surface area (Å²) >= 11 is 0. The highest BCUT2D eigenvalue weighted by Crippen LogP contribution is 2.16. The molecule has 4 N–H and O–H groups in total. The Morgan fingerprint density at radius 2 is 2.19 bits per heavy atom. The van der Waals surface area contributed by atoms with E-state index in [1.165, 1.54) is 12.1 Å². The minimum Gasteiger partial charge on any atom is -0.478 e. The Kier molecular flexibility index (Phi) is 4.42. The topological polar surface area (TPSA) is 108 Å². The number of carboxylic acids is 1. The second-order valence-corrected chi connectivity index (χ2v) is 4.97. The van der Waals surface area contributed by atoms with Crippen molar-refractivity contribution in [2.45, 2.75) is 25.8 Å². The largest absolute Gasteiger partial charge is 0.478 e. The van der Waals surface area contributed by atoms with Gasteiger partial charge in [0, 0.05) is 24.7 Å². The van der Waals surface area contributed by atoms with E-state index in [9.17, 15) is 14.4 Å². The van der Waals surface area contributed by atoms with Gasteiger partial charge in [-0.25, -0.2) is 9.59 Å². The Bertz CT molecular complexity index is 586. The molecule has 1 heterocycles. The summed E-state index contributed by atoms with van der Waals surface area (Å²) in [5.74, 6) is -1.01. The lowest BCUT2D eigenvalue weighted by Gasteiger charge is -2.13. The van der Waals surface area contributed by atoms with E-state index in [-0.39, 0.29) is 23.5 Å². The van der Waals surface area contributed by atoms with Crippen LogP contribution < -0.4 is 16.0 Å². The van der Waals surface area contributed by atoms with E-state index in [1.54, 1.807) is 13.0 Å². The first-order valence-corrected chi connectivity index (χ1v) is 6.64. The zero-order valence-corrected chi connectivity index (χ0v) is 11.6. The Labute approximate surface area is 121 Å². The number of aryl methyl sites for hydroxylation is 1. The molecule has 3 amide bonds. The Balaban J connectivity index is 1.87. The predicted molar refractivity (Wildman–Crippen MR) is 76.3 cm³/mol. The number of aromatic carboxylic acids is 1. The molecule has 1 fully saturated rings. The van der Waals surface area contributed by atoms with E-state index in [0.29, 0.717) is 30.6 Å². The summed E-state index contributed by atoms with van der Waals surface area (Å²) in [5, 5.41) is 17.0. The van der Waals surface area contributed by atoms with E-state index in [0.717, 1.165) is 0 Å². The van der Waals surface area contributed by atoms with Crippen molar-refractivity contribution in [1.29, 1.82) is 0 Å². The third-order valence-corrected chi connectivity index (χ3v) is 3.32. The molecular formula is C14H17N3O4. The molecule has 112 valence electrons. The molecule has 1 unspecified atom stereocenters. The van der Waals surface area contributed by atoms with Gasteiger partial charge in [-0.15, -0.1) is 0 Å². The normalized spacial score (nSPS) is 17.2. The Morgan fingerprint density at radius 3 is 2.76 bits per heavy atom. The lowest BCUT2D eigenvalue weighted by molar-refractivity contribution is -0.119. The summed E-state index contributed by atoms with van der Waals surface area (Å²) in [6, 6.07) is 4.06. The number of carbonyl (C=O) groups excluding carboxylic acids is 2. The Morgan fingerprint density at radius 1 is 1.43 bits per heavy atom. The molecule has 1 aromatic carbocycles. The fourth-order valence-corrected chi connectivity index (χ4v) is 2.15. The van der Waals surface area contributed by atoms with Crippen molar-refractivity contribution in [2.75, 3.05) is 11.9 Å². The van der Waals surface area contributed by atoms with Crippen LogP contribution in [-0.2, 0) is 4.79 Å². The maximum atomic E-state index is 11.8. The van der Waals surface area contributed by atoms with Crippen LogP contribution in [0.5, 0.6) is 0 Å². The van der Waals surface area contributed by atoms with Crippen LogP contribution in [0.15, 0.2) is 18.2 Å². The van der Waals surface area contributed by atoms with Crippen molar-refractivity contribution in [3.05, 3.63) is 29.3 Å². The van der Waals surface area contributed by atoms with Gasteiger partial charge in [-0.05, 0) is 37.1 Å². The van der Waals surface area contributed by atoms with Crippen LogP contribution in [0.3, 0.4) is 0 Å². The maximum Gasteiger partial charge on any atom is 0.335 e. The number of rotatable bonds is 4. The average molecular weight is 291 g/mol. The zero-order valence-electron chi connectivity index (χ0n) is 11.6. The van der Waals surface area contributed by atoms with E-state index in [1.807, 2.05) is 0 Å². The van der Waals surface area contributed by atoms with E-state index < -0.39 is 5.97 Å². The molecule has 1 aliphatic rings. The quantitative estimate of drug-likeness (QED) is 0.666. The Hall–Kier alpha value is -2.57. The minimum atomic E-state index is -1.01. The molecule has 0 spiro atoms. The number of carbonyl (C=O) groups is 3. The van der Waals surface area contributed by atoms with Gasteiger partial charge in [-0.3, -0.25) is 4.79 Å². The highest BCUT2D eigenvalue weighted by Gasteiger charge is 2.20. The minimum absolute atomic E-state index is 0.00214. The average Bonchev–Trinajstić information content (AvgIpc) is 2.84. The first-order valence-electron chi connectivity index (χ1n) is 6.64. The van der Waals surface area contributed by atoms with Gasteiger partial charge in [0.1, 0.15) is 0 Å². The number of hydrogen-bond donors (Lipinski definition) is 4. The summed E-state index contributed by atoms with van der Waals surface area (Å²) in [4.78, 5) is 33.6. The highest BCUT2D eigenvalue weighted by molar-refractivity contribution is 5.92. The molecular weight excluding hydrogens is 274 g/mol. The summed E-state index contributed by atoms with van der Waals surface area (Å²) in [5.41, 5.74) is 1.39. The van der Waals surface area contributed by atoms with E-state index in [4.69, 9.17) is 5.11 Å². The van der Waals surface area contributed by atoms with Crippen LogP contribution in [0.1, 0.15) is 28.8 Å². The van der Waals surface area contributed by atoms with Gasteiger partial charge in [-0.2, -0.15) is 0 Å². The first kappa shape index (κ1) is 14.8. The van der Waals surface area contributed by atoms with E-state index >= 15 is 0 Å². The zero-order chi connectivity index (χ0) is 15.4. The number of amides is 3. The SMILES string of the molecule is Cc1cc(C(=O)O)ccc1NC(=O)NCC1CCC(=O)N1. The van der Waals surface area contributed by atoms with Crippen LogP contribution in [0, 0.1) is 6.92 Å². The lowest BCUT2D eigenvalue weighted by atomic mass is 10.1. The summed E-state index contributed by atoms with van der Waals surface area (Å²) in [6.45, 7) is 2.09. The fraction of sp³-hybridized carbons (Fsp3) is 0.357. The number of anilines is 1. The van der Waals surface area contributed by atoms with Crippen molar-refractivity contribution in [3.8, 4) is 0 Å². The monoisotopic (exact) mass is 291 g/mol. The standard InChI is InChI=1S/C14H17N3O4/c1-8-6-9(13(19)20)2-4-11(8)17-14(21)15-7-10-3-5-12(18)16-10/h2,4,6,10H,3,5,7H2,1H3,(H,16,18)(H,19,20)(H2,15,17,21). The number of hydrogen-bond acceptors (Lipinski definition) is 3. The van der Waals surface area contributed by atoms with Gasteiger partial charge >= 0.3 is 12.0 Å². The third kappa shape index (κ3) is 3.95. The molecule has 1 saturated heterocycles. The van der Waals surface area contributed by atoms with Crippen molar-refractivity contribution in [1.82, 2.24) is 10.6 Å². The number of urea groups is 1. The summed E-state index contributed by atoms with van der Waals surface area (Å²) in [6.07, 6.45) is 1.20.